The SMILES string of the molecule is COc1c(-c2cc(F)cc3c2ccn3CCO)c(F)cc2c1-n1c(C)nnc1C(C)(C)N2. The van der Waals surface area contributed by atoms with Crippen molar-refractivity contribution in [2.45, 2.75) is 32.9 Å². The molecule has 9 heteroatoms. The predicted molar refractivity (Wildman–Crippen MR) is 117 cm³/mol. The van der Waals surface area contributed by atoms with E-state index in [4.69, 9.17) is 4.74 Å². The van der Waals surface area contributed by atoms with Gasteiger partial charge in [0, 0.05) is 29.8 Å². The van der Waals surface area contributed by atoms with Crippen molar-refractivity contribution in [1.82, 2.24) is 19.3 Å². The lowest BCUT2D eigenvalue weighted by atomic mass is 9.94. The molecule has 0 unspecified atom stereocenters. The summed E-state index contributed by atoms with van der Waals surface area (Å²) >= 11 is 0. The molecule has 2 aromatic carbocycles. The van der Waals surface area contributed by atoms with Gasteiger partial charge < -0.3 is 19.7 Å². The number of aliphatic hydroxyl groups is 1. The number of nitrogens with zero attached hydrogens (tertiary/aromatic N) is 4. The molecule has 0 atom stereocenters. The molecule has 7 nitrogen and oxygen atoms in total. The van der Waals surface area contributed by atoms with Gasteiger partial charge in [0.15, 0.2) is 11.6 Å². The van der Waals surface area contributed by atoms with Crippen LogP contribution in [0.4, 0.5) is 14.5 Å². The van der Waals surface area contributed by atoms with E-state index in [1.807, 2.05) is 25.3 Å². The molecule has 1 aliphatic rings. The van der Waals surface area contributed by atoms with Crippen LogP contribution in [0.25, 0.3) is 27.7 Å². The highest BCUT2D eigenvalue weighted by Crippen LogP contribution is 2.48. The van der Waals surface area contributed by atoms with Crippen LogP contribution < -0.4 is 10.1 Å². The fraction of sp³-hybridized carbons (Fsp3) is 0.304. The summed E-state index contributed by atoms with van der Waals surface area (Å²) < 4.78 is 39.6. The highest BCUT2D eigenvalue weighted by molar-refractivity contribution is 5.99. The Morgan fingerprint density at radius 3 is 2.69 bits per heavy atom. The number of nitrogens with one attached hydrogen (secondary N) is 1. The first-order valence-corrected chi connectivity index (χ1v) is 10.3. The number of benzene rings is 2. The molecule has 2 N–H and O–H groups in total. The van der Waals surface area contributed by atoms with Crippen molar-refractivity contribution in [3.05, 3.63) is 53.7 Å². The van der Waals surface area contributed by atoms with E-state index in [1.165, 1.54) is 25.3 Å². The van der Waals surface area contributed by atoms with Crippen molar-refractivity contribution in [3.8, 4) is 22.6 Å². The lowest BCUT2D eigenvalue weighted by Gasteiger charge is -2.35. The molecule has 0 saturated carbocycles. The van der Waals surface area contributed by atoms with Gasteiger partial charge in [-0.15, -0.1) is 10.2 Å². The molecular formula is C23H23F2N5O2. The first-order chi connectivity index (χ1) is 15.3. The number of aromatic nitrogens is 4. The fourth-order valence-electron chi connectivity index (χ4n) is 4.58. The lowest BCUT2D eigenvalue weighted by Crippen LogP contribution is -2.36. The van der Waals surface area contributed by atoms with Crippen LogP contribution in [-0.4, -0.2) is 38.2 Å². The van der Waals surface area contributed by atoms with Crippen molar-refractivity contribution in [2.75, 3.05) is 19.0 Å². The monoisotopic (exact) mass is 439 g/mol. The second-order valence-electron chi connectivity index (χ2n) is 8.44. The second-order valence-corrected chi connectivity index (χ2v) is 8.44. The standard InChI is InChI=1S/C23H23F2N5O2/c1-12-27-28-22-23(2,3)26-17-11-16(25)19(21(32-4)20(17)30(12)22)15-9-13(24)10-18-14(15)5-6-29(18)7-8-31/h5-6,9-11,26,31H,7-8H2,1-4H3. The highest BCUT2D eigenvalue weighted by Gasteiger charge is 2.37. The molecule has 0 aliphatic carbocycles. The van der Waals surface area contributed by atoms with E-state index >= 15 is 4.39 Å². The Morgan fingerprint density at radius 1 is 1.19 bits per heavy atom. The number of hydrogen-bond acceptors (Lipinski definition) is 5. The zero-order chi connectivity index (χ0) is 22.8. The first kappa shape index (κ1) is 20.4. The molecule has 0 spiro atoms. The number of ether oxygens (including phenoxy) is 1. The smallest absolute Gasteiger partial charge is 0.162 e. The molecule has 0 amide bonds. The van der Waals surface area contributed by atoms with E-state index in [2.05, 4.69) is 15.5 Å². The summed E-state index contributed by atoms with van der Waals surface area (Å²) in [6, 6.07) is 5.87. The Bertz CT molecular complexity index is 1370. The maximum absolute atomic E-state index is 15.6. The number of rotatable bonds is 4. The van der Waals surface area contributed by atoms with Crippen LogP contribution in [0, 0.1) is 18.6 Å². The molecule has 0 saturated heterocycles. The van der Waals surface area contributed by atoms with Gasteiger partial charge in [-0.2, -0.15) is 0 Å². The Balaban J connectivity index is 1.86. The maximum atomic E-state index is 15.6. The van der Waals surface area contributed by atoms with Crippen LogP contribution in [0.3, 0.4) is 0 Å². The summed E-state index contributed by atoms with van der Waals surface area (Å²) in [6.45, 7) is 5.91. The molecule has 5 rings (SSSR count). The van der Waals surface area contributed by atoms with Crippen LogP contribution in [-0.2, 0) is 12.1 Å². The van der Waals surface area contributed by atoms with Crippen LogP contribution in [0.5, 0.6) is 5.75 Å². The van der Waals surface area contributed by atoms with Gasteiger partial charge >= 0.3 is 0 Å². The normalized spacial score (nSPS) is 14.2. The van der Waals surface area contributed by atoms with Gasteiger partial charge in [-0.25, -0.2) is 8.78 Å². The van der Waals surface area contributed by atoms with Gasteiger partial charge in [0.05, 0.1) is 36.0 Å². The summed E-state index contributed by atoms with van der Waals surface area (Å²) in [6.07, 6.45) is 1.75. The van der Waals surface area contributed by atoms with Crippen LogP contribution >= 0.6 is 0 Å². The number of aryl methyl sites for hydroxylation is 1. The molecule has 2 aromatic heterocycles. The van der Waals surface area contributed by atoms with Crippen molar-refractivity contribution in [1.29, 1.82) is 0 Å². The van der Waals surface area contributed by atoms with Crippen molar-refractivity contribution < 1.29 is 18.6 Å². The number of fused-ring (bicyclic) bond motifs is 4. The quantitative estimate of drug-likeness (QED) is 0.500. The van der Waals surface area contributed by atoms with E-state index in [9.17, 15) is 9.50 Å². The van der Waals surface area contributed by atoms with E-state index in [-0.39, 0.29) is 17.9 Å². The largest absolute Gasteiger partial charge is 0.494 e. The van der Waals surface area contributed by atoms with Crippen LogP contribution in [0.2, 0.25) is 0 Å². The van der Waals surface area contributed by atoms with Crippen molar-refractivity contribution in [3.63, 3.8) is 0 Å². The molecule has 1 aliphatic heterocycles. The number of halogens is 2. The van der Waals surface area contributed by atoms with E-state index < -0.39 is 17.2 Å². The summed E-state index contributed by atoms with van der Waals surface area (Å²) in [5.41, 5.74) is 1.61. The van der Waals surface area contributed by atoms with Crippen LogP contribution in [0.15, 0.2) is 30.5 Å². The molecule has 32 heavy (non-hydrogen) atoms. The maximum Gasteiger partial charge on any atom is 0.162 e. The Kier molecular flexibility index (Phi) is 4.49. The van der Waals surface area contributed by atoms with Gasteiger partial charge in [-0.05, 0) is 39.0 Å². The number of anilines is 1. The number of aliphatic hydroxyl groups excluding tert-OH is 1. The molecule has 4 aromatic rings. The predicted octanol–water partition coefficient (Wildman–Crippen LogP) is 4.14. The van der Waals surface area contributed by atoms with Gasteiger partial charge in [0.1, 0.15) is 23.1 Å². The van der Waals surface area contributed by atoms with Crippen molar-refractivity contribution in [2.24, 2.45) is 0 Å². The zero-order valence-electron chi connectivity index (χ0n) is 18.2. The minimum absolute atomic E-state index is 0.0940. The molecule has 166 valence electrons. The number of methoxy groups -OCH3 is 1. The van der Waals surface area contributed by atoms with E-state index in [1.54, 1.807) is 16.8 Å². The summed E-state index contributed by atoms with van der Waals surface area (Å²) in [4.78, 5) is 0. The Hall–Kier alpha value is -3.46. The third kappa shape index (κ3) is 2.81. The number of hydrogen-bond donors (Lipinski definition) is 2. The Morgan fingerprint density at radius 2 is 1.97 bits per heavy atom. The zero-order valence-corrected chi connectivity index (χ0v) is 18.2. The molecule has 0 fully saturated rings. The third-order valence-corrected chi connectivity index (χ3v) is 5.93. The highest BCUT2D eigenvalue weighted by atomic mass is 19.1. The third-order valence-electron chi connectivity index (χ3n) is 5.93. The second kappa shape index (κ2) is 7.03. The average Bonchev–Trinajstić information content (AvgIpc) is 3.31. The molecule has 0 bridgehead atoms. The summed E-state index contributed by atoms with van der Waals surface area (Å²) in [7, 11) is 1.46. The average molecular weight is 439 g/mol. The molecular weight excluding hydrogens is 416 g/mol. The van der Waals surface area contributed by atoms with E-state index in [0.717, 1.165) is 0 Å². The minimum Gasteiger partial charge on any atom is -0.494 e. The van der Waals surface area contributed by atoms with Gasteiger partial charge in [-0.3, -0.25) is 4.57 Å². The molecule has 0 radical (unpaired) electrons. The minimum atomic E-state index is -0.582. The first-order valence-electron chi connectivity index (χ1n) is 10.3. The van der Waals surface area contributed by atoms with Crippen molar-refractivity contribution >= 4 is 16.6 Å². The van der Waals surface area contributed by atoms with E-state index in [0.29, 0.717) is 46.0 Å². The summed E-state index contributed by atoms with van der Waals surface area (Å²) in [5, 5.41) is 21.8. The lowest BCUT2D eigenvalue weighted by molar-refractivity contribution is 0.278. The Labute approximate surface area is 183 Å². The summed E-state index contributed by atoms with van der Waals surface area (Å²) in [5.74, 6) is 0.501. The topological polar surface area (TPSA) is 77.1 Å². The fourth-order valence-corrected chi connectivity index (χ4v) is 4.58. The molecule has 3 heterocycles. The van der Waals surface area contributed by atoms with Gasteiger partial charge in [0.25, 0.3) is 0 Å². The van der Waals surface area contributed by atoms with Gasteiger partial charge in [0.2, 0.25) is 0 Å². The van der Waals surface area contributed by atoms with Gasteiger partial charge in [-0.1, -0.05) is 0 Å². The van der Waals surface area contributed by atoms with Crippen LogP contribution in [0.1, 0.15) is 25.5 Å².